The second-order valence-corrected chi connectivity index (χ2v) is 8.05. The van der Waals surface area contributed by atoms with Gasteiger partial charge in [-0.2, -0.15) is 0 Å². The molecule has 60 valence electrons. The number of ether oxygens (including phenoxy) is 1. The van der Waals surface area contributed by atoms with Crippen LogP contribution in [0, 0.1) is 0 Å². The zero-order valence-electron chi connectivity index (χ0n) is 5.36. The molecule has 1 heterocycles. The molecule has 3 nitrogen and oxygen atoms in total. The van der Waals surface area contributed by atoms with Crippen LogP contribution in [0.5, 0.6) is 0 Å². The van der Waals surface area contributed by atoms with Crippen molar-refractivity contribution in [2.24, 2.45) is 0 Å². The molecular weight excluding hydrogens is 191 g/mol. The second kappa shape index (κ2) is 4.04. The summed E-state index contributed by atoms with van der Waals surface area (Å²) in [5, 5.41) is 0. The van der Waals surface area contributed by atoms with Crippen LogP contribution < -0.4 is 0 Å². The van der Waals surface area contributed by atoms with Gasteiger partial charge < -0.3 is 14.2 Å². The van der Waals surface area contributed by atoms with Gasteiger partial charge in [0, 0.05) is 5.75 Å². The molecule has 10 heavy (non-hydrogen) atoms. The van der Waals surface area contributed by atoms with Crippen LogP contribution in [0.2, 0.25) is 0 Å². The smallest absolute Gasteiger partial charge is 0.244 e. The van der Waals surface area contributed by atoms with E-state index >= 15 is 0 Å². The van der Waals surface area contributed by atoms with Gasteiger partial charge in [-0.1, -0.05) is 11.4 Å². The molecule has 0 aromatic rings. The van der Waals surface area contributed by atoms with E-state index in [1.165, 1.54) is 11.4 Å². The zero-order valence-corrected chi connectivity index (χ0v) is 7.88. The van der Waals surface area contributed by atoms with Crippen molar-refractivity contribution in [3.8, 4) is 0 Å². The molecule has 1 N–H and O–H groups in total. The Morgan fingerprint density at radius 1 is 1.40 bits per heavy atom. The van der Waals surface area contributed by atoms with Crippen molar-refractivity contribution in [1.29, 1.82) is 0 Å². The lowest BCUT2D eigenvalue weighted by molar-refractivity contribution is 0.111. The fourth-order valence-electron chi connectivity index (χ4n) is 0.562. The molecule has 1 fully saturated rings. The summed E-state index contributed by atoms with van der Waals surface area (Å²) in [6, 6.07) is 0. The lowest BCUT2D eigenvalue weighted by atomic mass is 10.7. The minimum Gasteiger partial charge on any atom is -0.378 e. The highest BCUT2D eigenvalue weighted by Crippen LogP contribution is 2.56. The molecule has 1 rings (SSSR count). The normalized spacial score (nSPS) is 36.5. The van der Waals surface area contributed by atoms with Crippen LogP contribution in [0.15, 0.2) is 0 Å². The summed E-state index contributed by atoms with van der Waals surface area (Å²) >= 11 is 6.08. The van der Waals surface area contributed by atoms with E-state index in [0.29, 0.717) is 19.8 Å². The van der Waals surface area contributed by atoms with Crippen LogP contribution in [-0.2, 0) is 21.1 Å². The van der Waals surface area contributed by atoms with E-state index in [1.807, 2.05) is 0 Å². The van der Waals surface area contributed by atoms with Crippen molar-refractivity contribution in [3.05, 3.63) is 0 Å². The van der Waals surface area contributed by atoms with Gasteiger partial charge in [0.15, 0.2) is 0 Å². The van der Waals surface area contributed by atoms with Gasteiger partial charge in [-0.05, 0) is 11.8 Å². The molecule has 0 aliphatic carbocycles. The Hall–Kier alpha value is 0.880. The molecule has 0 saturated carbocycles. The Labute approximate surface area is 69.0 Å². The van der Waals surface area contributed by atoms with E-state index in [0.717, 1.165) is 5.75 Å². The summed E-state index contributed by atoms with van der Waals surface area (Å²) in [6.07, 6.45) is 0. The first-order chi connectivity index (χ1) is 4.71. The van der Waals surface area contributed by atoms with Crippen molar-refractivity contribution in [2.45, 2.75) is 0 Å². The summed E-state index contributed by atoms with van der Waals surface area (Å²) < 4.78 is 10.1. The second-order valence-electron chi connectivity index (χ2n) is 1.75. The van der Waals surface area contributed by atoms with Gasteiger partial charge in [0.1, 0.15) is 0 Å². The molecule has 0 aromatic carbocycles. The zero-order chi connectivity index (χ0) is 7.45. The minimum absolute atomic E-state index is 0.417. The predicted octanol–water partition coefficient (Wildman–Crippen LogP) is 0.983. The Morgan fingerprint density at radius 3 is 3.00 bits per heavy atom. The van der Waals surface area contributed by atoms with E-state index in [2.05, 4.69) is 0 Å². The van der Waals surface area contributed by atoms with Gasteiger partial charge in [-0.3, -0.25) is 0 Å². The van der Waals surface area contributed by atoms with Crippen molar-refractivity contribution >= 4 is 28.9 Å². The highest BCUT2D eigenvalue weighted by Gasteiger charge is 2.15. The van der Waals surface area contributed by atoms with Gasteiger partial charge in [0.05, 0.1) is 19.8 Å². The third kappa shape index (κ3) is 3.32. The van der Waals surface area contributed by atoms with Crippen LogP contribution in [-0.4, -0.2) is 30.5 Å². The van der Waals surface area contributed by atoms with E-state index < -0.39 is 5.69 Å². The topological polar surface area (TPSA) is 38.7 Å². The molecule has 1 aliphatic rings. The summed E-state index contributed by atoms with van der Waals surface area (Å²) in [5.74, 6) is 0.730. The van der Waals surface area contributed by atoms with Gasteiger partial charge in [0.2, 0.25) is 5.69 Å². The summed E-state index contributed by atoms with van der Waals surface area (Å²) in [4.78, 5) is 9.29. The predicted molar refractivity (Wildman–Crippen MR) is 45.7 cm³/mol. The molecule has 0 aromatic heterocycles. The first-order valence-electron chi connectivity index (χ1n) is 2.90. The van der Waals surface area contributed by atoms with Crippen molar-refractivity contribution in [3.63, 3.8) is 0 Å². The first kappa shape index (κ1) is 8.97. The quantitative estimate of drug-likeness (QED) is 0.590. The molecule has 6 heteroatoms. The van der Waals surface area contributed by atoms with E-state index in [9.17, 15) is 4.89 Å². The van der Waals surface area contributed by atoms with Crippen LogP contribution in [0.25, 0.3) is 0 Å². The molecule has 1 saturated heterocycles. The Kier molecular flexibility index (Phi) is 3.63. The maximum atomic E-state index is 9.29. The van der Waals surface area contributed by atoms with Gasteiger partial charge in [0.25, 0.3) is 0 Å². The standard InChI is InChI=1S/C4H9O3PS2/c5-8(9)7-2-1-6-3-4-10-8/h1-4H2,(H,5,9). The molecule has 1 unspecified atom stereocenters. The third-order valence-electron chi connectivity index (χ3n) is 0.964. The fourth-order valence-corrected chi connectivity index (χ4v) is 3.62. The summed E-state index contributed by atoms with van der Waals surface area (Å²) in [7, 11) is 0. The third-order valence-corrected chi connectivity index (χ3v) is 5.26. The molecule has 0 bridgehead atoms. The van der Waals surface area contributed by atoms with Gasteiger partial charge in [-0.25, -0.2) is 0 Å². The Balaban J connectivity index is 2.38. The maximum Gasteiger partial charge on any atom is 0.244 e. The number of hydrogen-bond donors (Lipinski definition) is 1. The summed E-state index contributed by atoms with van der Waals surface area (Å²) in [6.45, 7) is 1.62. The lowest BCUT2D eigenvalue weighted by Crippen LogP contribution is -2.08. The van der Waals surface area contributed by atoms with Crippen LogP contribution >= 0.6 is 17.1 Å². The van der Waals surface area contributed by atoms with Crippen LogP contribution in [0.4, 0.5) is 0 Å². The van der Waals surface area contributed by atoms with Gasteiger partial charge >= 0.3 is 0 Å². The molecule has 1 aliphatic heterocycles. The Morgan fingerprint density at radius 2 is 2.20 bits per heavy atom. The Bertz CT molecular complexity index is 139. The lowest BCUT2D eigenvalue weighted by Gasteiger charge is -2.17. The van der Waals surface area contributed by atoms with E-state index in [4.69, 9.17) is 21.1 Å². The SMILES string of the molecule is OP1(=S)OCCOCCS1. The molecule has 0 radical (unpaired) electrons. The summed E-state index contributed by atoms with van der Waals surface area (Å²) in [5.41, 5.74) is -2.49. The molecular formula is C4H9O3PS2. The average molecular weight is 200 g/mol. The van der Waals surface area contributed by atoms with E-state index in [1.54, 1.807) is 0 Å². The minimum atomic E-state index is -2.49. The van der Waals surface area contributed by atoms with Gasteiger partial charge in [-0.15, -0.1) is 0 Å². The first-order valence-corrected chi connectivity index (χ1v) is 7.17. The van der Waals surface area contributed by atoms with E-state index in [-0.39, 0.29) is 0 Å². The number of rotatable bonds is 0. The highest BCUT2D eigenvalue weighted by atomic mass is 32.9. The van der Waals surface area contributed by atoms with Crippen molar-refractivity contribution in [2.75, 3.05) is 25.6 Å². The highest BCUT2D eigenvalue weighted by molar-refractivity contribution is 8.67. The largest absolute Gasteiger partial charge is 0.378 e. The van der Waals surface area contributed by atoms with Crippen molar-refractivity contribution in [1.82, 2.24) is 0 Å². The fraction of sp³-hybridized carbons (Fsp3) is 1.00. The number of hydrogen-bond acceptors (Lipinski definition) is 4. The van der Waals surface area contributed by atoms with Crippen LogP contribution in [0.1, 0.15) is 0 Å². The molecule has 0 amide bonds. The molecule has 1 atom stereocenters. The van der Waals surface area contributed by atoms with Crippen LogP contribution in [0.3, 0.4) is 0 Å². The molecule has 0 spiro atoms. The monoisotopic (exact) mass is 200 g/mol. The average Bonchev–Trinajstić information content (AvgIpc) is 1.81. The van der Waals surface area contributed by atoms with Crippen molar-refractivity contribution < 1.29 is 14.2 Å². The maximum absolute atomic E-state index is 9.29.